The van der Waals surface area contributed by atoms with Crippen LogP contribution in [-0.4, -0.2) is 68.1 Å². The Balaban J connectivity index is 1.67. The largest absolute Gasteiger partial charge is 0.468 e. The number of hydrogen-bond acceptors (Lipinski definition) is 6. The number of carbonyl (C=O) groups excluding carboxylic acids is 1. The minimum absolute atomic E-state index is 0.321. The molecular formula is C25H29FN4O3. The van der Waals surface area contributed by atoms with Crippen molar-refractivity contribution in [3.63, 3.8) is 0 Å². The number of ether oxygens (including phenoxy) is 1. The van der Waals surface area contributed by atoms with E-state index in [4.69, 9.17) is 4.74 Å². The van der Waals surface area contributed by atoms with E-state index in [1.54, 1.807) is 0 Å². The molecule has 0 aromatic heterocycles. The third kappa shape index (κ3) is 3.81. The third-order valence-corrected chi connectivity index (χ3v) is 7.29. The molecular weight excluding hydrogens is 423 g/mol. The van der Waals surface area contributed by atoms with Gasteiger partial charge in [-0.2, -0.15) is 0 Å². The Morgan fingerprint density at radius 1 is 1.06 bits per heavy atom. The molecule has 3 aliphatic rings. The van der Waals surface area contributed by atoms with E-state index < -0.39 is 17.6 Å². The Kier molecular flexibility index (Phi) is 5.88. The molecule has 8 heteroatoms. The quantitative estimate of drug-likeness (QED) is 0.664. The van der Waals surface area contributed by atoms with Crippen LogP contribution in [0.1, 0.15) is 24.0 Å². The first-order valence-electron chi connectivity index (χ1n) is 11.6. The number of likely N-dealkylation sites (N-methyl/N-ethyl adjacent to an activating group) is 1. The maximum absolute atomic E-state index is 14.8. The smallest absolute Gasteiger partial charge is 0.335 e. The average Bonchev–Trinajstić information content (AvgIpc) is 3.38. The first kappa shape index (κ1) is 22.0. The predicted molar refractivity (Wildman–Crippen MR) is 124 cm³/mol. The van der Waals surface area contributed by atoms with Crippen LogP contribution < -0.4 is 9.64 Å². The Morgan fingerprint density at radius 2 is 1.76 bits per heavy atom. The van der Waals surface area contributed by atoms with Gasteiger partial charge in [-0.1, -0.05) is 30.3 Å². The molecule has 3 heterocycles. The molecule has 2 aromatic carbocycles. The maximum atomic E-state index is 14.8. The summed E-state index contributed by atoms with van der Waals surface area (Å²) in [6.45, 7) is 4.74. The van der Waals surface area contributed by atoms with Crippen molar-refractivity contribution >= 4 is 11.6 Å². The number of fused-ring (bicyclic) bond motifs is 1. The second kappa shape index (κ2) is 8.83. The molecule has 2 fully saturated rings. The highest BCUT2D eigenvalue weighted by atomic mass is 19.1. The summed E-state index contributed by atoms with van der Waals surface area (Å²) in [4.78, 5) is 31.6. The van der Waals surface area contributed by atoms with Gasteiger partial charge in [-0.3, -0.25) is 9.69 Å². The lowest BCUT2D eigenvalue weighted by atomic mass is 9.78. The number of hydrogen-bond donors (Lipinski definition) is 0. The third-order valence-electron chi connectivity index (χ3n) is 7.29. The van der Waals surface area contributed by atoms with Crippen molar-refractivity contribution in [3.05, 3.63) is 64.3 Å². The number of benzene rings is 2. The van der Waals surface area contributed by atoms with Crippen molar-refractivity contribution in [1.29, 1.82) is 0 Å². The van der Waals surface area contributed by atoms with E-state index in [1.165, 1.54) is 12.1 Å². The van der Waals surface area contributed by atoms with Crippen molar-refractivity contribution in [2.45, 2.75) is 30.9 Å². The summed E-state index contributed by atoms with van der Waals surface area (Å²) in [5, 5.41) is 2.89. The average molecular weight is 453 g/mol. The van der Waals surface area contributed by atoms with Gasteiger partial charge in [0.05, 0.1) is 11.7 Å². The molecule has 2 atom stereocenters. The van der Waals surface area contributed by atoms with Crippen LogP contribution in [0.5, 0.6) is 5.75 Å². The molecule has 33 heavy (non-hydrogen) atoms. The zero-order valence-electron chi connectivity index (χ0n) is 18.9. The molecule has 2 unspecified atom stereocenters. The lowest BCUT2D eigenvalue weighted by molar-refractivity contribution is -0.143. The molecule has 0 spiro atoms. The molecule has 5 rings (SSSR count). The van der Waals surface area contributed by atoms with Crippen molar-refractivity contribution < 1.29 is 13.9 Å². The van der Waals surface area contributed by atoms with E-state index in [1.807, 2.05) is 30.3 Å². The molecule has 174 valence electrons. The Hall–Kier alpha value is -2.84. The van der Waals surface area contributed by atoms with Gasteiger partial charge in [0.15, 0.2) is 0 Å². The molecule has 3 aliphatic heterocycles. The molecule has 0 N–H and O–H groups in total. The molecule has 0 saturated carbocycles. The van der Waals surface area contributed by atoms with E-state index in [0.29, 0.717) is 23.4 Å². The van der Waals surface area contributed by atoms with Gasteiger partial charge in [-0.05, 0) is 45.5 Å². The van der Waals surface area contributed by atoms with Crippen LogP contribution in [0.25, 0.3) is 0 Å². The molecule has 0 bridgehead atoms. The number of amides is 1. The van der Waals surface area contributed by atoms with Gasteiger partial charge in [-0.25, -0.2) is 4.39 Å². The zero-order valence-corrected chi connectivity index (χ0v) is 18.9. The minimum Gasteiger partial charge on any atom is -0.468 e. The van der Waals surface area contributed by atoms with Crippen LogP contribution in [0, 0.1) is 10.7 Å². The van der Waals surface area contributed by atoms with Crippen LogP contribution >= 0.6 is 0 Å². The van der Waals surface area contributed by atoms with Crippen molar-refractivity contribution in [2.75, 3.05) is 51.2 Å². The highest BCUT2D eigenvalue weighted by Gasteiger charge is 2.56. The number of piperazine rings is 1. The van der Waals surface area contributed by atoms with Crippen molar-refractivity contribution in [3.8, 4) is 5.75 Å². The van der Waals surface area contributed by atoms with Gasteiger partial charge in [0.1, 0.15) is 11.6 Å². The Morgan fingerprint density at radius 3 is 2.42 bits per heavy atom. The van der Waals surface area contributed by atoms with Crippen LogP contribution in [0.15, 0.2) is 47.6 Å². The summed E-state index contributed by atoms with van der Waals surface area (Å²) in [5.41, 5.74) is 0.397. The molecule has 0 radical (unpaired) electrons. The van der Waals surface area contributed by atoms with Gasteiger partial charge in [-0.15, -0.1) is 4.91 Å². The first-order valence-corrected chi connectivity index (χ1v) is 11.6. The molecule has 2 aromatic rings. The second-order valence-electron chi connectivity index (χ2n) is 9.27. The van der Waals surface area contributed by atoms with Crippen molar-refractivity contribution in [2.24, 2.45) is 5.18 Å². The van der Waals surface area contributed by atoms with Gasteiger partial charge in [0.25, 0.3) is 0 Å². The monoisotopic (exact) mass is 452 g/mol. The van der Waals surface area contributed by atoms with Crippen LogP contribution in [0.4, 0.5) is 10.1 Å². The number of nitrogens with zero attached hydrogens (tertiary/aromatic N) is 4. The number of halogens is 1. The van der Waals surface area contributed by atoms with E-state index in [9.17, 15) is 14.1 Å². The van der Waals surface area contributed by atoms with Crippen LogP contribution in [-0.2, 0) is 16.8 Å². The lowest BCUT2D eigenvalue weighted by Crippen LogP contribution is -2.60. The van der Waals surface area contributed by atoms with Gasteiger partial charge >= 0.3 is 5.91 Å². The highest BCUT2D eigenvalue weighted by Crippen LogP contribution is 2.48. The predicted octanol–water partition coefficient (Wildman–Crippen LogP) is 3.17. The van der Waals surface area contributed by atoms with E-state index >= 15 is 0 Å². The molecule has 1 amide bonds. The number of rotatable bonds is 4. The zero-order chi connectivity index (χ0) is 23.0. The molecule has 2 saturated heterocycles. The minimum atomic E-state index is -1.57. The summed E-state index contributed by atoms with van der Waals surface area (Å²) in [6, 6.07) is 11.7. The summed E-state index contributed by atoms with van der Waals surface area (Å²) in [5.74, 6) is -0.680. The fourth-order valence-corrected chi connectivity index (χ4v) is 5.52. The van der Waals surface area contributed by atoms with Gasteiger partial charge in [0.2, 0.25) is 5.60 Å². The summed E-state index contributed by atoms with van der Waals surface area (Å²) < 4.78 is 21.4. The van der Waals surface area contributed by atoms with E-state index in [-0.39, 0.29) is 5.82 Å². The summed E-state index contributed by atoms with van der Waals surface area (Å²) in [7, 11) is 2.06. The van der Waals surface area contributed by atoms with Crippen molar-refractivity contribution in [1.82, 2.24) is 9.80 Å². The normalized spacial score (nSPS) is 26.0. The Labute approximate surface area is 193 Å². The van der Waals surface area contributed by atoms with E-state index in [0.717, 1.165) is 57.7 Å². The number of carbonyl (C=O) groups is 1. The lowest BCUT2D eigenvalue weighted by Gasteiger charge is -2.47. The number of likely N-dealkylation sites (tertiary alicyclic amines) is 1. The number of nitroso groups, excluding NO2 is 1. The van der Waals surface area contributed by atoms with Crippen LogP contribution in [0.3, 0.4) is 0 Å². The maximum Gasteiger partial charge on any atom is 0.335 e. The first-order chi connectivity index (χ1) is 16.0. The molecule has 7 nitrogen and oxygen atoms in total. The summed E-state index contributed by atoms with van der Waals surface area (Å²) in [6.07, 6.45) is 2.42. The SMILES string of the molecule is CN1CCN(c2cc(F)cc3c2OC(C(=O)N=O)(c2ccccc2)C(N2CCCC2)C3)CC1. The van der Waals surface area contributed by atoms with E-state index in [2.05, 4.69) is 26.9 Å². The standard InChI is InChI=1S/C25H29FN4O3/c1-28-11-13-29(14-12-28)21-17-20(26)15-18-16-22(30-9-5-6-10-30)25(24(31)27-32,33-23(18)21)19-7-3-2-4-8-19/h2-4,7-8,15,17,22H,5-6,9-14,16H2,1H3. The second-order valence-corrected chi connectivity index (χ2v) is 9.27. The number of anilines is 1. The highest BCUT2D eigenvalue weighted by molar-refractivity contribution is 5.89. The topological polar surface area (TPSA) is 65.5 Å². The van der Waals surface area contributed by atoms with Gasteiger partial charge in [0, 0.05) is 48.5 Å². The Bertz CT molecular complexity index is 1040. The van der Waals surface area contributed by atoms with Gasteiger partial charge < -0.3 is 14.5 Å². The summed E-state index contributed by atoms with van der Waals surface area (Å²) >= 11 is 0. The fourth-order valence-electron chi connectivity index (χ4n) is 5.52. The van der Waals surface area contributed by atoms with Crippen LogP contribution in [0.2, 0.25) is 0 Å². The molecule has 0 aliphatic carbocycles. The fraction of sp³-hybridized carbons (Fsp3) is 0.480.